The van der Waals surface area contributed by atoms with Crippen molar-refractivity contribution in [1.29, 1.82) is 5.26 Å². The normalized spacial score (nSPS) is 21.2. The Kier molecular flexibility index (Phi) is 2.14. The van der Waals surface area contributed by atoms with E-state index in [1.807, 2.05) is 24.3 Å². The third-order valence-electron chi connectivity index (χ3n) is 4.01. The Morgan fingerprint density at radius 3 is 2.69 bits per heavy atom. The van der Waals surface area contributed by atoms with Crippen molar-refractivity contribution >= 4 is 5.69 Å². The van der Waals surface area contributed by atoms with E-state index in [2.05, 4.69) is 11.4 Å². The Bertz CT molecular complexity index is 436. The molecule has 1 aromatic carbocycles. The fraction of sp³-hybridized carbons (Fsp3) is 0.500. The molecule has 1 N–H and O–H groups in total. The highest BCUT2D eigenvalue weighted by molar-refractivity contribution is 5.57. The molecule has 3 rings (SSSR count). The Balaban J connectivity index is 1.68. The Morgan fingerprint density at radius 2 is 2.06 bits per heavy atom. The van der Waals surface area contributed by atoms with Crippen molar-refractivity contribution in [2.75, 3.05) is 11.9 Å². The second-order valence-corrected chi connectivity index (χ2v) is 5.15. The van der Waals surface area contributed by atoms with E-state index < -0.39 is 0 Å². The monoisotopic (exact) mass is 212 g/mol. The average Bonchev–Trinajstić information content (AvgIpc) is 3.17. The highest BCUT2D eigenvalue weighted by atomic mass is 14.9. The van der Waals surface area contributed by atoms with Crippen LogP contribution in [0, 0.1) is 22.7 Å². The van der Waals surface area contributed by atoms with Gasteiger partial charge in [-0.2, -0.15) is 5.26 Å². The van der Waals surface area contributed by atoms with Gasteiger partial charge in [-0.1, -0.05) is 12.1 Å². The molecule has 0 bridgehead atoms. The zero-order chi connectivity index (χ0) is 11.0. The van der Waals surface area contributed by atoms with Crippen LogP contribution in [0.25, 0.3) is 0 Å². The van der Waals surface area contributed by atoms with Gasteiger partial charge in [0.1, 0.15) is 6.07 Å². The molecule has 2 heteroatoms. The summed E-state index contributed by atoms with van der Waals surface area (Å²) in [7, 11) is 0. The Labute approximate surface area is 96.3 Å². The first-order valence-electron chi connectivity index (χ1n) is 6.07. The van der Waals surface area contributed by atoms with Gasteiger partial charge in [0, 0.05) is 6.54 Å². The fourth-order valence-corrected chi connectivity index (χ4v) is 2.59. The van der Waals surface area contributed by atoms with Crippen molar-refractivity contribution < 1.29 is 0 Å². The molecule has 0 radical (unpaired) electrons. The van der Waals surface area contributed by atoms with Crippen LogP contribution < -0.4 is 5.32 Å². The molecule has 0 heterocycles. The van der Waals surface area contributed by atoms with Crippen molar-refractivity contribution in [2.24, 2.45) is 11.3 Å². The minimum Gasteiger partial charge on any atom is -0.383 e. The van der Waals surface area contributed by atoms with Gasteiger partial charge in [-0.15, -0.1) is 0 Å². The van der Waals surface area contributed by atoms with Gasteiger partial charge in [0.05, 0.1) is 11.3 Å². The zero-order valence-electron chi connectivity index (χ0n) is 9.37. The van der Waals surface area contributed by atoms with Crippen LogP contribution in [0.2, 0.25) is 0 Å². The molecule has 0 spiro atoms. The highest BCUT2D eigenvalue weighted by Crippen LogP contribution is 2.61. The highest BCUT2D eigenvalue weighted by Gasteiger charge is 2.53. The molecule has 1 aromatic rings. The first kappa shape index (κ1) is 9.72. The molecular weight excluding hydrogens is 196 g/mol. The summed E-state index contributed by atoms with van der Waals surface area (Å²) in [6.07, 6.45) is 5.59. The van der Waals surface area contributed by atoms with E-state index in [9.17, 15) is 0 Å². The quantitative estimate of drug-likeness (QED) is 0.832. The number of rotatable bonds is 4. The lowest BCUT2D eigenvalue weighted by molar-refractivity contribution is 0.467. The van der Waals surface area contributed by atoms with Crippen LogP contribution in [0.15, 0.2) is 24.3 Å². The zero-order valence-corrected chi connectivity index (χ0v) is 9.37. The topological polar surface area (TPSA) is 35.8 Å². The van der Waals surface area contributed by atoms with Crippen LogP contribution in [0.5, 0.6) is 0 Å². The van der Waals surface area contributed by atoms with Gasteiger partial charge in [0.2, 0.25) is 0 Å². The van der Waals surface area contributed by atoms with Crippen molar-refractivity contribution in [2.45, 2.75) is 25.7 Å². The van der Waals surface area contributed by atoms with Gasteiger partial charge in [0.25, 0.3) is 0 Å². The molecule has 0 atom stereocenters. The summed E-state index contributed by atoms with van der Waals surface area (Å²) in [6, 6.07) is 10.0. The van der Waals surface area contributed by atoms with Gasteiger partial charge in [-0.25, -0.2) is 0 Å². The second-order valence-electron chi connectivity index (χ2n) is 5.15. The van der Waals surface area contributed by atoms with Crippen molar-refractivity contribution in [1.82, 2.24) is 0 Å². The first-order valence-corrected chi connectivity index (χ1v) is 6.07. The standard InChI is InChI=1S/C14H16N2/c15-9-11-3-1-2-4-13(11)16-10-14(7-8-14)12-5-6-12/h1-4,12,16H,5-8,10H2. The average molecular weight is 212 g/mol. The molecular formula is C14H16N2. The van der Waals surface area contributed by atoms with Gasteiger partial charge in [-0.05, 0) is 49.1 Å². The third kappa shape index (κ3) is 1.67. The van der Waals surface area contributed by atoms with Crippen molar-refractivity contribution in [3.63, 3.8) is 0 Å². The number of benzene rings is 1. The maximum Gasteiger partial charge on any atom is 0.101 e. The van der Waals surface area contributed by atoms with Crippen LogP contribution in [0.1, 0.15) is 31.2 Å². The number of hydrogen-bond acceptors (Lipinski definition) is 2. The predicted molar refractivity (Wildman–Crippen MR) is 64.0 cm³/mol. The summed E-state index contributed by atoms with van der Waals surface area (Å²) in [6.45, 7) is 1.05. The van der Waals surface area contributed by atoms with E-state index in [-0.39, 0.29) is 0 Å². The Morgan fingerprint density at radius 1 is 1.31 bits per heavy atom. The molecule has 82 valence electrons. The van der Waals surface area contributed by atoms with E-state index in [0.29, 0.717) is 5.41 Å². The summed E-state index contributed by atoms with van der Waals surface area (Å²) >= 11 is 0. The molecule has 0 aromatic heterocycles. The van der Waals surface area contributed by atoms with E-state index in [1.165, 1.54) is 25.7 Å². The van der Waals surface area contributed by atoms with Gasteiger partial charge >= 0.3 is 0 Å². The SMILES string of the molecule is N#Cc1ccccc1NCC1(C2CC2)CC1. The van der Waals surface area contributed by atoms with Crippen LogP contribution in [0.3, 0.4) is 0 Å². The lowest BCUT2D eigenvalue weighted by atomic mass is 10.0. The minimum atomic E-state index is 0.586. The van der Waals surface area contributed by atoms with Gasteiger partial charge in [-0.3, -0.25) is 0 Å². The summed E-state index contributed by atoms with van der Waals surface area (Å²) < 4.78 is 0. The first-order chi connectivity index (χ1) is 7.84. The number of nitriles is 1. The number of nitrogens with zero attached hydrogens (tertiary/aromatic N) is 1. The smallest absolute Gasteiger partial charge is 0.101 e. The third-order valence-corrected chi connectivity index (χ3v) is 4.01. The molecule has 0 unspecified atom stereocenters. The fourth-order valence-electron chi connectivity index (χ4n) is 2.59. The van der Waals surface area contributed by atoms with E-state index >= 15 is 0 Å². The number of para-hydroxylation sites is 1. The molecule has 2 nitrogen and oxygen atoms in total. The maximum atomic E-state index is 9.00. The lowest BCUT2D eigenvalue weighted by Gasteiger charge is -2.16. The van der Waals surface area contributed by atoms with Crippen molar-refractivity contribution in [3.8, 4) is 6.07 Å². The number of anilines is 1. The molecule has 16 heavy (non-hydrogen) atoms. The van der Waals surface area contributed by atoms with E-state index in [0.717, 1.165) is 23.7 Å². The van der Waals surface area contributed by atoms with Gasteiger partial charge in [0.15, 0.2) is 0 Å². The van der Waals surface area contributed by atoms with Gasteiger partial charge < -0.3 is 5.32 Å². The van der Waals surface area contributed by atoms with Crippen LogP contribution in [-0.4, -0.2) is 6.54 Å². The number of nitrogens with one attached hydrogen (secondary N) is 1. The summed E-state index contributed by atoms with van der Waals surface area (Å²) in [5, 5.41) is 12.5. The molecule has 0 amide bonds. The number of hydrogen-bond donors (Lipinski definition) is 1. The molecule has 2 saturated carbocycles. The van der Waals surface area contributed by atoms with Crippen LogP contribution in [0.4, 0.5) is 5.69 Å². The Hall–Kier alpha value is -1.49. The molecule has 2 aliphatic rings. The molecule has 0 aliphatic heterocycles. The predicted octanol–water partition coefficient (Wildman–Crippen LogP) is 3.16. The second kappa shape index (κ2) is 3.52. The van der Waals surface area contributed by atoms with Crippen molar-refractivity contribution in [3.05, 3.63) is 29.8 Å². The molecule has 2 fully saturated rings. The summed E-state index contributed by atoms with van der Waals surface area (Å²) in [4.78, 5) is 0. The maximum absolute atomic E-state index is 9.00. The van der Waals surface area contributed by atoms with E-state index in [4.69, 9.17) is 5.26 Å². The lowest BCUT2D eigenvalue weighted by Crippen LogP contribution is -2.17. The summed E-state index contributed by atoms with van der Waals surface area (Å²) in [5.41, 5.74) is 2.34. The van der Waals surface area contributed by atoms with Crippen LogP contribution in [-0.2, 0) is 0 Å². The summed E-state index contributed by atoms with van der Waals surface area (Å²) in [5.74, 6) is 0.967. The largest absolute Gasteiger partial charge is 0.383 e. The van der Waals surface area contributed by atoms with Crippen LogP contribution >= 0.6 is 0 Å². The molecule has 0 saturated heterocycles. The van der Waals surface area contributed by atoms with E-state index in [1.54, 1.807) is 0 Å². The molecule has 2 aliphatic carbocycles. The minimum absolute atomic E-state index is 0.586.